The first-order valence-corrected chi connectivity index (χ1v) is 6.07. The molecule has 2 rings (SSSR count). The molecule has 0 saturated heterocycles. The van der Waals surface area contributed by atoms with Crippen LogP contribution in [0.15, 0.2) is 24.5 Å². The normalized spacial score (nSPS) is 10.1. The highest BCUT2D eigenvalue weighted by molar-refractivity contribution is 5.75. The van der Waals surface area contributed by atoms with Crippen molar-refractivity contribution >= 4 is 11.9 Å². The van der Waals surface area contributed by atoms with Crippen molar-refractivity contribution in [1.82, 2.24) is 19.7 Å². The summed E-state index contributed by atoms with van der Waals surface area (Å²) in [4.78, 5) is 17.1. The Hall–Kier alpha value is -2.95. The molecule has 7 nitrogen and oxygen atoms in total. The summed E-state index contributed by atoms with van der Waals surface area (Å²) in [5.74, 6) is -0.654. The van der Waals surface area contributed by atoms with Gasteiger partial charge in [-0.3, -0.25) is 4.79 Å². The molecule has 0 radical (unpaired) electrons. The van der Waals surface area contributed by atoms with Gasteiger partial charge in [-0.05, 0) is 18.2 Å². The van der Waals surface area contributed by atoms with Gasteiger partial charge in [0.1, 0.15) is 18.7 Å². The van der Waals surface area contributed by atoms with E-state index in [0.29, 0.717) is 5.56 Å². The summed E-state index contributed by atoms with van der Waals surface area (Å²) in [5, 5.41) is 12.6. The molecule has 0 unspecified atom stereocenters. The average Bonchev–Trinajstić information content (AvgIpc) is 2.86. The minimum Gasteiger partial charge on any atom is -0.367 e. The predicted octanol–water partition coefficient (Wildman–Crippen LogP) is 0.530. The van der Waals surface area contributed by atoms with Crippen LogP contribution in [0.2, 0.25) is 0 Å². The molecular weight excluding hydrogens is 275 g/mol. The van der Waals surface area contributed by atoms with E-state index in [1.54, 1.807) is 7.05 Å². The Balaban J connectivity index is 2.05. The lowest BCUT2D eigenvalue weighted by atomic mass is 10.1. The Kier molecular flexibility index (Phi) is 4.13. The number of halogens is 1. The number of nitrogens with two attached hydrogens (primary N) is 1. The van der Waals surface area contributed by atoms with Gasteiger partial charge in [-0.1, -0.05) is 0 Å². The topological polar surface area (TPSA) is 101 Å². The number of nitrogens with zero attached hydrogens (tertiary/aromatic N) is 5. The summed E-state index contributed by atoms with van der Waals surface area (Å²) >= 11 is 0. The number of benzene rings is 1. The Morgan fingerprint density at radius 3 is 2.95 bits per heavy atom. The number of carbonyl (C=O) groups is 1. The van der Waals surface area contributed by atoms with Gasteiger partial charge in [-0.25, -0.2) is 14.1 Å². The van der Waals surface area contributed by atoms with E-state index in [0.717, 1.165) is 0 Å². The zero-order chi connectivity index (χ0) is 15.4. The minimum absolute atomic E-state index is 0.0414. The smallest absolute Gasteiger partial charge is 0.244 e. The largest absolute Gasteiger partial charge is 0.367 e. The van der Waals surface area contributed by atoms with Crippen LogP contribution < -0.4 is 5.73 Å². The Labute approximate surface area is 120 Å². The lowest BCUT2D eigenvalue weighted by Crippen LogP contribution is -2.30. The lowest BCUT2D eigenvalue weighted by molar-refractivity contribution is -0.131. The van der Waals surface area contributed by atoms with Crippen LogP contribution >= 0.6 is 0 Å². The van der Waals surface area contributed by atoms with Crippen molar-refractivity contribution in [3.05, 3.63) is 41.5 Å². The van der Waals surface area contributed by atoms with E-state index in [2.05, 4.69) is 10.1 Å². The number of hydrogen-bond donors (Lipinski definition) is 1. The summed E-state index contributed by atoms with van der Waals surface area (Å²) in [5.41, 5.74) is 5.98. The standard InChI is InChI=1S/C13H13FN6O/c1-19(12(21)7-20-8-17-13(16)18-20)6-10-4-9(5-15)2-3-11(10)14/h2-4,8H,6-7H2,1H3,(H2,16,18). The number of amides is 1. The van der Waals surface area contributed by atoms with Crippen molar-refractivity contribution in [2.45, 2.75) is 13.1 Å². The van der Waals surface area contributed by atoms with E-state index in [1.807, 2.05) is 6.07 Å². The molecule has 21 heavy (non-hydrogen) atoms. The van der Waals surface area contributed by atoms with Crippen LogP contribution in [0.3, 0.4) is 0 Å². The van der Waals surface area contributed by atoms with Crippen LogP contribution in [0.1, 0.15) is 11.1 Å². The van der Waals surface area contributed by atoms with Crippen molar-refractivity contribution in [2.24, 2.45) is 0 Å². The third kappa shape index (κ3) is 3.54. The number of likely N-dealkylation sites (N-methyl/N-ethyl adjacent to an activating group) is 1. The van der Waals surface area contributed by atoms with Crippen molar-refractivity contribution < 1.29 is 9.18 Å². The molecule has 8 heteroatoms. The maximum atomic E-state index is 13.7. The second-order valence-corrected chi connectivity index (χ2v) is 4.47. The molecule has 2 aromatic rings. The number of aromatic nitrogens is 3. The van der Waals surface area contributed by atoms with Gasteiger partial charge in [0.05, 0.1) is 11.6 Å². The first-order chi connectivity index (χ1) is 9.99. The Morgan fingerprint density at radius 2 is 2.33 bits per heavy atom. The molecule has 1 aromatic heterocycles. The van der Waals surface area contributed by atoms with Gasteiger partial charge in [0.25, 0.3) is 0 Å². The second kappa shape index (κ2) is 6.00. The fourth-order valence-corrected chi connectivity index (χ4v) is 1.75. The highest BCUT2D eigenvalue weighted by Gasteiger charge is 2.13. The molecular formula is C13H13FN6O. The summed E-state index contributed by atoms with van der Waals surface area (Å²) in [6, 6.07) is 5.96. The van der Waals surface area contributed by atoms with Gasteiger partial charge < -0.3 is 10.6 Å². The molecule has 108 valence electrons. The van der Waals surface area contributed by atoms with E-state index < -0.39 is 5.82 Å². The van der Waals surface area contributed by atoms with Gasteiger partial charge in [-0.15, -0.1) is 5.10 Å². The van der Waals surface area contributed by atoms with Crippen LogP contribution in [0, 0.1) is 17.1 Å². The number of carbonyl (C=O) groups excluding carboxylic acids is 1. The minimum atomic E-state index is -0.460. The highest BCUT2D eigenvalue weighted by Crippen LogP contribution is 2.12. The van der Waals surface area contributed by atoms with Gasteiger partial charge in [0.2, 0.25) is 11.9 Å². The summed E-state index contributed by atoms with van der Waals surface area (Å²) in [6.07, 6.45) is 1.35. The van der Waals surface area contributed by atoms with Gasteiger partial charge in [-0.2, -0.15) is 5.26 Å². The van der Waals surface area contributed by atoms with Gasteiger partial charge >= 0.3 is 0 Å². The zero-order valence-electron chi connectivity index (χ0n) is 11.3. The number of nitriles is 1. The maximum Gasteiger partial charge on any atom is 0.244 e. The first kappa shape index (κ1) is 14.5. The first-order valence-electron chi connectivity index (χ1n) is 6.07. The molecule has 0 aliphatic rings. The molecule has 0 fully saturated rings. The van der Waals surface area contributed by atoms with E-state index in [9.17, 15) is 9.18 Å². The fourth-order valence-electron chi connectivity index (χ4n) is 1.75. The van der Waals surface area contributed by atoms with E-state index in [-0.39, 0.29) is 30.5 Å². The quantitative estimate of drug-likeness (QED) is 0.884. The zero-order valence-corrected chi connectivity index (χ0v) is 11.3. The van der Waals surface area contributed by atoms with Crippen molar-refractivity contribution in [3.63, 3.8) is 0 Å². The summed E-state index contributed by atoms with van der Waals surface area (Å²) < 4.78 is 15.0. The van der Waals surface area contributed by atoms with E-state index >= 15 is 0 Å². The molecule has 0 atom stereocenters. The summed E-state index contributed by atoms with van der Waals surface area (Å²) in [7, 11) is 1.54. The predicted molar refractivity (Wildman–Crippen MR) is 72.0 cm³/mol. The molecule has 0 aliphatic carbocycles. The Morgan fingerprint density at radius 1 is 1.57 bits per heavy atom. The van der Waals surface area contributed by atoms with Gasteiger partial charge in [0, 0.05) is 19.2 Å². The molecule has 1 heterocycles. The second-order valence-electron chi connectivity index (χ2n) is 4.47. The Bertz CT molecular complexity index is 705. The number of nitrogen functional groups attached to an aromatic ring is 1. The molecule has 0 bridgehead atoms. The summed E-state index contributed by atoms with van der Waals surface area (Å²) in [6.45, 7) is 0.0185. The van der Waals surface area contributed by atoms with Crippen molar-refractivity contribution in [2.75, 3.05) is 12.8 Å². The molecule has 0 spiro atoms. The number of hydrogen-bond acceptors (Lipinski definition) is 5. The van der Waals surface area contributed by atoms with Crippen molar-refractivity contribution in [1.29, 1.82) is 5.26 Å². The monoisotopic (exact) mass is 288 g/mol. The highest BCUT2D eigenvalue weighted by atomic mass is 19.1. The van der Waals surface area contributed by atoms with Crippen molar-refractivity contribution in [3.8, 4) is 6.07 Å². The maximum absolute atomic E-state index is 13.7. The number of rotatable bonds is 4. The molecule has 1 aromatic carbocycles. The molecule has 0 aliphatic heterocycles. The fraction of sp³-hybridized carbons (Fsp3) is 0.231. The van der Waals surface area contributed by atoms with Crippen LogP contribution in [-0.4, -0.2) is 32.6 Å². The third-order valence-corrected chi connectivity index (χ3v) is 2.86. The SMILES string of the molecule is CN(Cc1cc(C#N)ccc1F)C(=O)Cn1cnc(N)n1. The lowest BCUT2D eigenvalue weighted by Gasteiger charge is -2.17. The molecule has 2 N–H and O–H groups in total. The van der Waals surface area contributed by atoms with Crippen LogP contribution in [0.5, 0.6) is 0 Å². The third-order valence-electron chi connectivity index (χ3n) is 2.86. The molecule has 0 saturated carbocycles. The van der Waals surface area contributed by atoms with E-state index in [4.69, 9.17) is 11.0 Å². The van der Waals surface area contributed by atoms with Crippen LogP contribution in [0.4, 0.5) is 10.3 Å². The molecule has 1 amide bonds. The number of anilines is 1. The van der Waals surface area contributed by atoms with Gasteiger partial charge in [0.15, 0.2) is 0 Å². The van der Waals surface area contributed by atoms with Crippen LogP contribution in [0.25, 0.3) is 0 Å². The average molecular weight is 288 g/mol. The van der Waals surface area contributed by atoms with Crippen LogP contribution in [-0.2, 0) is 17.9 Å². The van der Waals surface area contributed by atoms with E-state index in [1.165, 1.54) is 34.1 Å².